The number of aryl methyl sites for hydroxylation is 4. The number of likely N-dealkylation sites (tertiary alicyclic amines) is 2. The van der Waals surface area contributed by atoms with E-state index in [1.807, 2.05) is 12.1 Å². The van der Waals surface area contributed by atoms with E-state index in [2.05, 4.69) is 90.7 Å². The second-order valence-electron chi connectivity index (χ2n) is 20.2. The molecular weight excluding hydrogens is 971 g/mol. The van der Waals surface area contributed by atoms with E-state index in [1.54, 1.807) is 37.5 Å². The van der Waals surface area contributed by atoms with Gasteiger partial charge in [0.2, 0.25) is 11.8 Å². The van der Waals surface area contributed by atoms with Crippen LogP contribution in [0.25, 0.3) is 44.3 Å². The first-order chi connectivity index (χ1) is 35.2. The average molecular weight is 1030 g/mol. The molecule has 20 heteroatoms. The van der Waals surface area contributed by atoms with E-state index in [0.717, 1.165) is 81.1 Å². The zero-order chi connectivity index (χ0) is 52.6. The molecule has 74 heavy (non-hydrogen) atoms. The van der Waals surface area contributed by atoms with E-state index >= 15 is 0 Å². The van der Waals surface area contributed by atoms with Crippen LogP contribution < -0.4 is 10.6 Å². The highest BCUT2D eigenvalue weighted by Crippen LogP contribution is 2.38. The van der Waals surface area contributed by atoms with Gasteiger partial charge in [0.15, 0.2) is 13.2 Å². The van der Waals surface area contributed by atoms with Gasteiger partial charge >= 0.3 is 24.5 Å². The number of hydrogen-bond acceptors (Lipinski definition) is 8. The predicted octanol–water partition coefficient (Wildman–Crippen LogP) is 10.6. The Bertz CT molecular complexity index is 2870. The van der Waals surface area contributed by atoms with Gasteiger partial charge in [0, 0.05) is 13.1 Å². The van der Waals surface area contributed by atoms with Crippen molar-refractivity contribution in [2.45, 2.75) is 116 Å². The van der Waals surface area contributed by atoms with E-state index in [-0.39, 0.29) is 0 Å². The molecule has 6 aliphatic rings. The molecule has 4 N–H and O–H groups in total. The van der Waals surface area contributed by atoms with Crippen LogP contribution in [0.4, 0.5) is 35.9 Å². The number of carbonyl (C=O) groups is 4. The van der Waals surface area contributed by atoms with Crippen LogP contribution in [0.2, 0.25) is 0 Å². The largest absolute Gasteiger partial charge is 0.440 e. The Morgan fingerprint density at radius 3 is 1.38 bits per heavy atom. The first-order valence-corrected chi connectivity index (χ1v) is 25.0. The smallest absolute Gasteiger partial charge is 0.422 e. The topological polar surface area (TPSA) is 175 Å². The van der Waals surface area contributed by atoms with Gasteiger partial charge < -0.3 is 39.9 Å². The Labute approximate surface area is 423 Å². The molecule has 0 saturated carbocycles. The molecule has 2 saturated heterocycles. The number of halogens is 6. The van der Waals surface area contributed by atoms with E-state index < -0.39 is 85.6 Å². The molecule has 0 spiro atoms. The number of alkyl halides is 6. The summed E-state index contributed by atoms with van der Waals surface area (Å²) in [7, 11) is 0. The lowest BCUT2D eigenvalue weighted by molar-refractivity contribution is -0.161. The van der Waals surface area contributed by atoms with Gasteiger partial charge in [-0.15, -0.1) is 0 Å². The van der Waals surface area contributed by atoms with Crippen molar-refractivity contribution in [1.29, 1.82) is 0 Å². The maximum atomic E-state index is 13.9. The van der Waals surface area contributed by atoms with Gasteiger partial charge in [-0.2, -0.15) is 26.3 Å². The molecule has 392 valence electrons. The standard InChI is InChI=1S/C54H58F6N8O6/c1-29(2)45(65-51(71)73-27-53(55,56)57)49(69)67-21-5-7-43(67)47-61-39-19-17-35(25-41(39)63-47)37-23-31-9-13-33(37)15-11-32-10-14-34(16-12-31)38(24-32)36-18-20-40-42(26-36)64-48(62-40)44-8-6-22-68(44)50(70)46(30(3)4)66-52(72)74-28-54(58,59)60/h9-10,13-14,17-20,23-26,29-30,43-46H,5-8,11-12,15-16,21-22,27-28H2,1-4H3,(H,61,63)(H,62,64)(H,65,71)(H,66,72). The summed E-state index contributed by atoms with van der Waals surface area (Å²) in [5.74, 6) is -0.515. The monoisotopic (exact) mass is 1030 g/mol. The molecule has 2 fully saturated rings. The predicted molar refractivity (Wildman–Crippen MR) is 264 cm³/mol. The molecule has 14 nitrogen and oxygen atoms in total. The molecule has 6 aromatic rings. The summed E-state index contributed by atoms with van der Waals surface area (Å²) in [5, 5.41) is 4.69. The number of H-pyrrole nitrogens is 2. The fraction of sp³-hybridized carbons (Fsp3) is 0.444. The summed E-state index contributed by atoms with van der Waals surface area (Å²) in [5.41, 5.74) is 11.9. The molecule has 4 amide bonds. The summed E-state index contributed by atoms with van der Waals surface area (Å²) >= 11 is 0. The van der Waals surface area contributed by atoms with E-state index in [9.17, 15) is 45.5 Å². The van der Waals surface area contributed by atoms with E-state index in [0.29, 0.717) is 50.4 Å². The highest BCUT2D eigenvalue weighted by molar-refractivity contribution is 5.89. The Kier molecular flexibility index (Phi) is 14.7. The van der Waals surface area contributed by atoms with Crippen LogP contribution in [0.1, 0.15) is 99.4 Å². The third kappa shape index (κ3) is 11.6. The number of carbonyl (C=O) groups excluding carboxylic acids is 4. The number of fused-ring (bicyclic) bond motifs is 2. The maximum absolute atomic E-state index is 13.9. The number of nitrogens with zero attached hydrogens (tertiary/aromatic N) is 4. The lowest BCUT2D eigenvalue weighted by Crippen LogP contribution is -2.51. The van der Waals surface area contributed by atoms with Crippen molar-refractivity contribution in [2.75, 3.05) is 26.3 Å². The maximum Gasteiger partial charge on any atom is 0.422 e. The Hall–Kier alpha value is -7.12. The van der Waals surface area contributed by atoms with Crippen LogP contribution in [-0.4, -0.2) is 104 Å². The summed E-state index contributed by atoms with van der Waals surface area (Å²) in [6.07, 6.45) is -6.38. The van der Waals surface area contributed by atoms with Gasteiger partial charge in [0.05, 0.1) is 34.2 Å². The van der Waals surface area contributed by atoms with Gasteiger partial charge in [0.25, 0.3) is 0 Å². The van der Waals surface area contributed by atoms with Gasteiger partial charge in [0.1, 0.15) is 23.7 Å². The average Bonchev–Trinajstić information content (AvgIpc) is 4.19. The number of aromatic amines is 2. The zero-order valence-corrected chi connectivity index (χ0v) is 41.4. The number of nitrogens with one attached hydrogen (secondary N) is 4. The number of ether oxygens (including phenoxy) is 2. The number of alkyl carbamates (subject to hydrolysis) is 2. The fourth-order valence-corrected chi connectivity index (χ4v) is 10.4. The number of hydrogen-bond donors (Lipinski definition) is 4. The van der Waals surface area contributed by atoms with Gasteiger partial charge in [-0.3, -0.25) is 9.59 Å². The van der Waals surface area contributed by atoms with Crippen LogP contribution in [0, 0.1) is 11.8 Å². The molecular formula is C54H58F6N8O6. The lowest BCUT2D eigenvalue weighted by Gasteiger charge is -2.30. The minimum absolute atomic E-state index is 0.394. The number of benzene rings is 4. The van der Waals surface area contributed by atoms with Crippen LogP contribution in [0.5, 0.6) is 0 Å². The van der Waals surface area contributed by atoms with Gasteiger partial charge in [-0.05, 0) is 132 Å². The number of amides is 4. The molecule has 12 rings (SSSR count). The Balaban J connectivity index is 0.905. The zero-order valence-electron chi connectivity index (χ0n) is 41.4. The Morgan fingerprint density at radius 2 is 1.00 bits per heavy atom. The molecule has 4 aromatic carbocycles. The summed E-state index contributed by atoms with van der Waals surface area (Å²) < 4.78 is 85.0. The highest BCUT2D eigenvalue weighted by Gasteiger charge is 2.40. The van der Waals surface area contributed by atoms with Crippen LogP contribution in [-0.2, 0) is 44.7 Å². The minimum atomic E-state index is -4.70. The number of rotatable bonds is 12. The summed E-state index contributed by atoms with van der Waals surface area (Å²) in [6.45, 7) is 4.09. The molecule has 4 atom stereocenters. The minimum Gasteiger partial charge on any atom is -0.440 e. The Morgan fingerprint density at radius 1 is 0.595 bits per heavy atom. The number of imidazole rings is 2. The van der Waals surface area contributed by atoms with Crippen molar-refractivity contribution in [2.24, 2.45) is 11.8 Å². The summed E-state index contributed by atoms with van der Waals surface area (Å²) in [4.78, 5) is 72.3. The highest BCUT2D eigenvalue weighted by atomic mass is 19.4. The van der Waals surface area contributed by atoms with Crippen molar-refractivity contribution < 1.29 is 55.0 Å². The molecule has 0 radical (unpaired) electrons. The molecule has 4 unspecified atom stereocenters. The quantitative estimate of drug-likeness (QED) is 0.0876. The molecule has 4 aliphatic carbocycles. The molecule has 4 bridgehead atoms. The van der Waals surface area contributed by atoms with E-state index in [1.165, 1.54) is 11.1 Å². The van der Waals surface area contributed by atoms with E-state index in [4.69, 9.17) is 9.97 Å². The molecule has 2 aromatic heterocycles. The normalized spacial score (nSPS) is 18.0. The van der Waals surface area contributed by atoms with Crippen LogP contribution in [0.15, 0.2) is 72.8 Å². The SMILES string of the molecule is CC(C)C(NC(=O)OCC(F)(F)F)C(=O)N1CCCC1c1nc2ccc(-c3cc4ccc3CCc3ccc(c(-c5ccc6nc(C7CCCN7C(=O)C(NC(=O)OCC(F)(F)F)C(C)C)[nH]c6c5)c3)CC4)cc2[nH]1. The third-order valence-corrected chi connectivity index (χ3v) is 14.2. The second-order valence-corrected chi connectivity index (χ2v) is 20.2. The first kappa shape index (κ1) is 51.8. The first-order valence-electron chi connectivity index (χ1n) is 25.0. The second kappa shape index (κ2) is 21.0. The molecule has 4 heterocycles. The summed E-state index contributed by atoms with van der Waals surface area (Å²) in [6, 6.07) is 22.4. The van der Waals surface area contributed by atoms with Crippen LogP contribution in [0.3, 0.4) is 0 Å². The third-order valence-electron chi connectivity index (χ3n) is 14.2. The van der Waals surface area contributed by atoms with Crippen molar-refractivity contribution in [3.8, 4) is 22.3 Å². The van der Waals surface area contributed by atoms with Crippen molar-refractivity contribution >= 4 is 46.1 Å². The van der Waals surface area contributed by atoms with Crippen molar-refractivity contribution in [1.82, 2.24) is 40.4 Å². The number of aromatic nitrogens is 4. The lowest BCUT2D eigenvalue weighted by atomic mass is 9.87. The van der Waals surface area contributed by atoms with Gasteiger partial charge in [-0.1, -0.05) is 76.2 Å². The molecule has 2 aliphatic heterocycles. The van der Waals surface area contributed by atoms with Crippen molar-refractivity contribution in [3.05, 3.63) is 107 Å². The van der Waals surface area contributed by atoms with Gasteiger partial charge in [-0.25, -0.2) is 19.6 Å². The van der Waals surface area contributed by atoms with Crippen LogP contribution >= 0.6 is 0 Å². The fourth-order valence-electron chi connectivity index (χ4n) is 10.4. The van der Waals surface area contributed by atoms with Crippen molar-refractivity contribution in [3.63, 3.8) is 0 Å².